The van der Waals surface area contributed by atoms with Gasteiger partial charge in [-0.25, -0.2) is 4.98 Å². The number of rotatable bonds is 5. The predicted octanol–water partition coefficient (Wildman–Crippen LogP) is 4.67. The van der Waals surface area contributed by atoms with Gasteiger partial charge < -0.3 is 9.88 Å². The van der Waals surface area contributed by atoms with Crippen LogP contribution in [0.15, 0.2) is 64.5 Å². The normalized spacial score (nSPS) is 13.4. The number of thioether (sulfide) groups is 1. The number of hydrogen-bond acceptors (Lipinski definition) is 4. The van der Waals surface area contributed by atoms with Crippen LogP contribution in [0.4, 0.5) is 5.69 Å². The summed E-state index contributed by atoms with van der Waals surface area (Å²) in [5.41, 5.74) is 4.45. The van der Waals surface area contributed by atoms with Crippen molar-refractivity contribution in [1.29, 1.82) is 0 Å². The molecule has 4 nitrogen and oxygen atoms in total. The van der Waals surface area contributed by atoms with Gasteiger partial charge in [-0.15, -0.1) is 0 Å². The molecule has 2 aromatic carbocycles. The number of nitrogens with one attached hydrogen (secondary N) is 1. The van der Waals surface area contributed by atoms with Crippen LogP contribution >= 0.6 is 23.4 Å². The molecule has 0 atom stereocenters. The Labute approximate surface area is 167 Å². The summed E-state index contributed by atoms with van der Waals surface area (Å²) in [5.74, 6) is 0.732. The first-order valence-corrected chi connectivity index (χ1v) is 10.3. The summed E-state index contributed by atoms with van der Waals surface area (Å²) in [7, 11) is 0. The Morgan fingerprint density at radius 2 is 1.96 bits per heavy atom. The minimum Gasteiger partial charge on any atom is -0.365 e. The zero-order valence-electron chi connectivity index (χ0n) is 14.8. The van der Waals surface area contributed by atoms with Crippen LogP contribution in [0.25, 0.3) is 0 Å². The summed E-state index contributed by atoms with van der Waals surface area (Å²) in [4.78, 5) is 21.9. The first kappa shape index (κ1) is 18.1. The van der Waals surface area contributed by atoms with E-state index in [-0.39, 0.29) is 5.56 Å². The van der Waals surface area contributed by atoms with E-state index in [4.69, 9.17) is 11.6 Å². The van der Waals surface area contributed by atoms with Gasteiger partial charge in [0.25, 0.3) is 5.56 Å². The molecule has 0 amide bonds. The maximum atomic E-state index is 12.1. The Hall–Kier alpha value is -2.24. The number of para-hydroxylation sites is 1. The molecular weight excluding hydrogens is 378 g/mol. The lowest BCUT2D eigenvalue weighted by molar-refractivity contribution is 0.676. The van der Waals surface area contributed by atoms with E-state index in [1.807, 2.05) is 24.3 Å². The SMILES string of the molecule is O=c1cc(CN2CCCc3ccccc32)nc(SCc2ccc(Cl)cc2)[nH]1. The van der Waals surface area contributed by atoms with Crippen molar-refractivity contribution in [3.05, 3.63) is 86.8 Å². The molecular formula is C21H20ClN3OS. The molecule has 0 aliphatic carbocycles. The number of anilines is 1. The van der Waals surface area contributed by atoms with Crippen LogP contribution in [-0.4, -0.2) is 16.5 Å². The van der Waals surface area contributed by atoms with E-state index in [2.05, 4.69) is 39.1 Å². The quantitative estimate of drug-likeness (QED) is 0.502. The van der Waals surface area contributed by atoms with Gasteiger partial charge in [0.05, 0.1) is 12.2 Å². The van der Waals surface area contributed by atoms with Gasteiger partial charge in [0, 0.05) is 29.1 Å². The number of halogens is 1. The van der Waals surface area contributed by atoms with Gasteiger partial charge in [-0.1, -0.05) is 53.7 Å². The highest BCUT2D eigenvalue weighted by Crippen LogP contribution is 2.28. The molecule has 1 N–H and O–H groups in total. The highest BCUT2D eigenvalue weighted by atomic mass is 35.5. The maximum absolute atomic E-state index is 12.1. The van der Waals surface area contributed by atoms with Crippen LogP contribution in [0.1, 0.15) is 23.2 Å². The fraction of sp³-hybridized carbons (Fsp3) is 0.238. The van der Waals surface area contributed by atoms with E-state index in [9.17, 15) is 4.79 Å². The molecule has 6 heteroatoms. The minimum atomic E-state index is -0.107. The summed E-state index contributed by atoms with van der Waals surface area (Å²) in [5, 5.41) is 1.37. The molecule has 0 fully saturated rings. The summed E-state index contributed by atoms with van der Waals surface area (Å²) in [6.45, 7) is 1.63. The Bertz CT molecular complexity index is 987. The van der Waals surface area contributed by atoms with Crippen LogP contribution in [-0.2, 0) is 18.7 Å². The monoisotopic (exact) mass is 397 g/mol. The van der Waals surface area contributed by atoms with Crippen LogP contribution < -0.4 is 10.5 Å². The summed E-state index contributed by atoms with van der Waals surface area (Å²) < 4.78 is 0. The predicted molar refractivity (Wildman–Crippen MR) is 112 cm³/mol. The largest absolute Gasteiger partial charge is 0.365 e. The molecule has 0 unspecified atom stereocenters. The third-order valence-corrected chi connectivity index (χ3v) is 5.82. The van der Waals surface area contributed by atoms with Crippen molar-refractivity contribution in [1.82, 2.24) is 9.97 Å². The standard InChI is InChI=1S/C21H20ClN3OS/c22-17-9-7-15(8-10-17)14-27-21-23-18(12-20(26)24-21)13-25-11-3-5-16-4-1-2-6-19(16)25/h1-2,4,6-10,12H,3,5,11,13-14H2,(H,23,24,26). The Kier molecular flexibility index (Phi) is 5.50. The number of aromatic amines is 1. The second-order valence-electron chi connectivity index (χ2n) is 6.61. The van der Waals surface area contributed by atoms with Crippen molar-refractivity contribution in [3.63, 3.8) is 0 Å². The summed E-state index contributed by atoms with van der Waals surface area (Å²) >= 11 is 7.45. The highest BCUT2D eigenvalue weighted by molar-refractivity contribution is 7.98. The van der Waals surface area contributed by atoms with Crippen LogP contribution in [0.2, 0.25) is 5.02 Å². The Balaban J connectivity index is 1.49. The fourth-order valence-electron chi connectivity index (χ4n) is 3.34. The highest BCUT2D eigenvalue weighted by Gasteiger charge is 2.17. The van der Waals surface area contributed by atoms with Crippen molar-refractivity contribution in [3.8, 4) is 0 Å². The van der Waals surface area contributed by atoms with Crippen molar-refractivity contribution in [2.24, 2.45) is 0 Å². The molecule has 1 aliphatic rings. The second kappa shape index (κ2) is 8.19. The van der Waals surface area contributed by atoms with E-state index in [1.54, 1.807) is 6.07 Å². The van der Waals surface area contributed by atoms with E-state index in [0.29, 0.717) is 11.7 Å². The average Bonchev–Trinajstić information content (AvgIpc) is 2.67. The first-order chi connectivity index (χ1) is 13.2. The van der Waals surface area contributed by atoms with E-state index in [0.717, 1.165) is 41.4 Å². The zero-order valence-corrected chi connectivity index (χ0v) is 16.4. The molecule has 0 radical (unpaired) electrons. The summed E-state index contributed by atoms with van der Waals surface area (Å²) in [6.07, 6.45) is 2.23. The number of H-pyrrole nitrogens is 1. The van der Waals surface area contributed by atoms with Crippen molar-refractivity contribution >= 4 is 29.1 Å². The molecule has 138 valence electrons. The molecule has 1 aromatic heterocycles. The Morgan fingerprint density at radius 1 is 1.15 bits per heavy atom. The number of nitrogens with zero attached hydrogens (tertiary/aromatic N) is 2. The third kappa shape index (κ3) is 4.54. The van der Waals surface area contributed by atoms with E-state index in [1.165, 1.54) is 23.0 Å². The Morgan fingerprint density at radius 3 is 2.81 bits per heavy atom. The molecule has 3 aromatic rings. The number of benzene rings is 2. The van der Waals surface area contributed by atoms with Crippen molar-refractivity contribution in [2.45, 2.75) is 30.3 Å². The number of aryl methyl sites for hydroxylation is 1. The van der Waals surface area contributed by atoms with E-state index >= 15 is 0 Å². The number of hydrogen-bond donors (Lipinski definition) is 1. The lowest BCUT2D eigenvalue weighted by Gasteiger charge is -2.31. The number of aromatic nitrogens is 2. The molecule has 4 rings (SSSR count). The van der Waals surface area contributed by atoms with E-state index < -0.39 is 0 Å². The van der Waals surface area contributed by atoms with Gasteiger partial charge in [-0.3, -0.25) is 4.79 Å². The lowest BCUT2D eigenvalue weighted by Crippen LogP contribution is -2.29. The van der Waals surface area contributed by atoms with Crippen LogP contribution in [0, 0.1) is 0 Å². The lowest BCUT2D eigenvalue weighted by atomic mass is 10.0. The van der Waals surface area contributed by atoms with Crippen LogP contribution in [0.5, 0.6) is 0 Å². The van der Waals surface area contributed by atoms with Gasteiger partial charge in [0.15, 0.2) is 5.16 Å². The smallest absolute Gasteiger partial charge is 0.251 e. The molecule has 0 saturated heterocycles. The molecule has 0 spiro atoms. The van der Waals surface area contributed by atoms with Crippen LogP contribution in [0.3, 0.4) is 0 Å². The van der Waals surface area contributed by atoms with Gasteiger partial charge >= 0.3 is 0 Å². The van der Waals surface area contributed by atoms with Gasteiger partial charge in [0.2, 0.25) is 0 Å². The van der Waals surface area contributed by atoms with Gasteiger partial charge in [0.1, 0.15) is 0 Å². The zero-order chi connectivity index (χ0) is 18.6. The molecule has 0 bridgehead atoms. The van der Waals surface area contributed by atoms with Gasteiger partial charge in [-0.05, 0) is 42.2 Å². The third-order valence-electron chi connectivity index (χ3n) is 4.62. The van der Waals surface area contributed by atoms with Crippen molar-refractivity contribution < 1.29 is 0 Å². The topological polar surface area (TPSA) is 49.0 Å². The number of fused-ring (bicyclic) bond motifs is 1. The average molecular weight is 398 g/mol. The first-order valence-electron chi connectivity index (χ1n) is 8.98. The van der Waals surface area contributed by atoms with Crippen molar-refractivity contribution in [2.75, 3.05) is 11.4 Å². The molecule has 27 heavy (non-hydrogen) atoms. The minimum absolute atomic E-state index is 0.107. The van der Waals surface area contributed by atoms with Gasteiger partial charge in [-0.2, -0.15) is 0 Å². The fourth-order valence-corrected chi connectivity index (χ4v) is 4.31. The molecule has 2 heterocycles. The molecule has 0 saturated carbocycles. The molecule has 1 aliphatic heterocycles. The maximum Gasteiger partial charge on any atom is 0.251 e. The second-order valence-corrected chi connectivity index (χ2v) is 8.01. The summed E-state index contributed by atoms with van der Waals surface area (Å²) in [6, 6.07) is 17.8.